The van der Waals surface area contributed by atoms with Crippen molar-refractivity contribution in [2.75, 3.05) is 0 Å². The van der Waals surface area contributed by atoms with E-state index in [1.54, 1.807) is 0 Å². The Balaban J connectivity index is 2.09. The Morgan fingerprint density at radius 1 is 1.21 bits per heavy atom. The lowest BCUT2D eigenvalue weighted by Gasteiger charge is -2.16. The molecule has 0 bridgehead atoms. The minimum absolute atomic E-state index is 0.167. The Kier molecular flexibility index (Phi) is 4.31. The normalized spacial score (nSPS) is 12.1. The number of nitrogens with zero attached hydrogens (tertiary/aromatic N) is 1. The highest BCUT2D eigenvalue weighted by Gasteiger charge is 2.24. The zero-order chi connectivity index (χ0) is 17.3. The van der Waals surface area contributed by atoms with Gasteiger partial charge in [0.1, 0.15) is 11.6 Å². The summed E-state index contributed by atoms with van der Waals surface area (Å²) in [7, 11) is 0. The summed E-state index contributed by atoms with van der Waals surface area (Å²) in [6.45, 7) is 0. The van der Waals surface area contributed by atoms with Crippen LogP contribution in [0, 0.1) is 11.6 Å². The van der Waals surface area contributed by atoms with Gasteiger partial charge in [-0.25, -0.2) is 13.8 Å². The largest absolute Gasteiger partial charge is 0.443 e. The second-order valence-corrected chi connectivity index (χ2v) is 5.51. The van der Waals surface area contributed by atoms with Gasteiger partial charge in [0.2, 0.25) is 5.91 Å². The van der Waals surface area contributed by atoms with Crippen molar-refractivity contribution in [2.45, 2.75) is 5.92 Å². The molecule has 0 aliphatic heterocycles. The molecule has 2 aromatic carbocycles. The number of oxazole rings is 1. The molecule has 0 saturated carbocycles. The molecule has 3 aromatic rings. The summed E-state index contributed by atoms with van der Waals surface area (Å²) in [5.41, 5.74) is 6.05. The number of nitrogens with two attached hydrogens (primary N) is 1. The number of hydrogen-bond donors (Lipinski definition) is 1. The van der Waals surface area contributed by atoms with Gasteiger partial charge in [0.25, 0.3) is 0 Å². The zero-order valence-corrected chi connectivity index (χ0v) is 12.9. The van der Waals surface area contributed by atoms with Crippen LogP contribution in [0.5, 0.6) is 0 Å². The number of amides is 1. The van der Waals surface area contributed by atoms with Gasteiger partial charge < -0.3 is 10.2 Å². The van der Waals surface area contributed by atoms with E-state index in [1.165, 1.54) is 30.8 Å². The molecule has 1 heterocycles. The standard InChI is InChI=1S/C17H11ClF2N2O2/c18-13-4-2-10(19)6-12(13)16(17(21)23)9-1-3-11(14(20)5-9)15-7-22-8-24-15/h1-8,16H,(H2,21,23). The fourth-order valence-corrected chi connectivity index (χ4v) is 2.72. The third-order valence-electron chi connectivity index (χ3n) is 3.58. The number of hydrogen-bond acceptors (Lipinski definition) is 3. The highest BCUT2D eigenvalue weighted by atomic mass is 35.5. The van der Waals surface area contributed by atoms with Crippen molar-refractivity contribution < 1.29 is 18.0 Å². The fraction of sp³-hybridized carbons (Fsp3) is 0.0588. The van der Waals surface area contributed by atoms with E-state index in [0.29, 0.717) is 0 Å². The van der Waals surface area contributed by atoms with E-state index in [9.17, 15) is 13.6 Å². The van der Waals surface area contributed by atoms with E-state index in [0.717, 1.165) is 18.2 Å². The van der Waals surface area contributed by atoms with E-state index < -0.39 is 23.5 Å². The van der Waals surface area contributed by atoms with Gasteiger partial charge in [-0.1, -0.05) is 17.7 Å². The molecule has 0 spiro atoms. The number of halogens is 3. The predicted molar refractivity (Wildman–Crippen MR) is 84.3 cm³/mol. The number of rotatable bonds is 4. The van der Waals surface area contributed by atoms with Crippen LogP contribution in [0.3, 0.4) is 0 Å². The Bertz CT molecular complexity index is 898. The van der Waals surface area contributed by atoms with Crippen LogP contribution in [0.25, 0.3) is 11.3 Å². The summed E-state index contributed by atoms with van der Waals surface area (Å²) >= 11 is 6.05. The molecule has 24 heavy (non-hydrogen) atoms. The molecule has 0 radical (unpaired) electrons. The van der Waals surface area contributed by atoms with Crippen LogP contribution in [-0.4, -0.2) is 10.9 Å². The van der Waals surface area contributed by atoms with E-state index in [4.69, 9.17) is 21.8 Å². The first kappa shape index (κ1) is 16.1. The molecule has 7 heteroatoms. The zero-order valence-electron chi connectivity index (χ0n) is 12.2. The lowest BCUT2D eigenvalue weighted by atomic mass is 9.89. The molecule has 3 rings (SSSR count). The van der Waals surface area contributed by atoms with Crippen molar-refractivity contribution in [3.63, 3.8) is 0 Å². The van der Waals surface area contributed by atoms with Crippen LogP contribution in [0.1, 0.15) is 17.0 Å². The van der Waals surface area contributed by atoms with Crippen molar-refractivity contribution in [1.82, 2.24) is 4.98 Å². The van der Waals surface area contributed by atoms with Gasteiger partial charge in [-0.05, 0) is 41.5 Å². The van der Waals surface area contributed by atoms with Crippen LogP contribution >= 0.6 is 11.6 Å². The Morgan fingerprint density at radius 3 is 2.62 bits per heavy atom. The van der Waals surface area contributed by atoms with Gasteiger partial charge in [-0.2, -0.15) is 0 Å². The van der Waals surface area contributed by atoms with Crippen LogP contribution in [0.4, 0.5) is 8.78 Å². The lowest BCUT2D eigenvalue weighted by molar-refractivity contribution is -0.118. The molecule has 122 valence electrons. The van der Waals surface area contributed by atoms with Crippen LogP contribution in [0.2, 0.25) is 5.02 Å². The van der Waals surface area contributed by atoms with Crippen molar-refractivity contribution in [2.24, 2.45) is 5.73 Å². The Labute approximate surface area is 140 Å². The third-order valence-corrected chi connectivity index (χ3v) is 3.92. The van der Waals surface area contributed by atoms with Gasteiger partial charge in [0.05, 0.1) is 17.7 Å². The average molecular weight is 349 g/mol. The Morgan fingerprint density at radius 2 is 2.00 bits per heavy atom. The highest BCUT2D eigenvalue weighted by molar-refractivity contribution is 6.31. The van der Waals surface area contributed by atoms with E-state index in [2.05, 4.69) is 4.98 Å². The topological polar surface area (TPSA) is 69.1 Å². The second-order valence-electron chi connectivity index (χ2n) is 5.11. The van der Waals surface area contributed by atoms with Gasteiger partial charge in [-0.15, -0.1) is 0 Å². The maximum absolute atomic E-state index is 14.4. The van der Waals surface area contributed by atoms with Crippen LogP contribution in [-0.2, 0) is 4.79 Å². The summed E-state index contributed by atoms with van der Waals surface area (Å²) in [5.74, 6) is -2.79. The predicted octanol–water partition coefficient (Wildman–Crippen LogP) is 3.89. The van der Waals surface area contributed by atoms with Crippen LogP contribution < -0.4 is 5.73 Å². The molecule has 0 fully saturated rings. The molecule has 1 amide bonds. The molecular formula is C17H11ClF2N2O2. The number of carbonyl (C=O) groups excluding carboxylic acids is 1. The lowest BCUT2D eigenvalue weighted by Crippen LogP contribution is -2.23. The van der Waals surface area contributed by atoms with Crippen molar-refractivity contribution >= 4 is 17.5 Å². The molecule has 2 N–H and O–H groups in total. The summed E-state index contributed by atoms with van der Waals surface area (Å²) in [5, 5.41) is 0.167. The minimum Gasteiger partial charge on any atom is -0.443 e. The second kappa shape index (κ2) is 6.41. The minimum atomic E-state index is -1.08. The smallest absolute Gasteiger partial charge is 0.229 e. The summed E-state index contributed by atoms with van der Waals surface area (Å²) in [6.07, 6.45) is 2.55. The molecule has 0 saturated heterocycles. The summed E-state index contributed by atoms with van der Waals surface area (Å²) in [4.78, 5) is 15.6. The van der Waals surface area contributed by atoms with Crippen LogP contribution in [0.15, 0.2) is 53.4 Å². The monoisotopic (exact) mass is 348 g/mol. The van der Waals surface area contributed by atoms with Crippen molar-refractivity contribution in [3.8, 4) is 11.3 Å². The average Bonchev–Trinajstić information content (AvgIpc) is 3.05. The molecule has 0 aliphatic rings. The molecule has 0 aliphatic carbocycles. The molecule has 1 unspecified atom stereocenters. The van der Waals surface area contributed by atoms with E-state index in [-0.39, 0.29) is 27.5 Å². The molecule has 4 nitrogen and oxygen atoms in total. The first-order chi connectivity index (χ1) is 11.5. The van der Waals surface area contributed by atoms with Gasteiger partial charge >= 0.3 is 0 Å². The molecular weight excluding hydrogens is 338 g/mol. The van der Waals surface area contributed by atoms with Gasteiger partial charge in [0.15, 0.2) is 12.2 Å². The molecule has 1 atom stereocenters. The van der Waals surface area contributed by atoms with Crippen molar-refractivity contribution in [1.29, 1.82) is 0 Å². The first-order valence-electron chi connectivity index (χ1n) is 6.90. The van der Waals surface area contributed by atoms with E-state index in [1.807, 2.05) is 0 Å². The number of aromatic nitrogens is 1. The quantitative estimate of drug-likeness (QED) is 0.777. The maximum Gasteiger partial charge on any atom is 0.229 e. The van der Waals surface area contributed by atoms with E-state index >= 15 is 0 Å². The van der Waals surface area contributed by atoms with Gasteiger partial charge in [0, 0.05) is 5.02 Å². The number of benzene rings is 2. The maximum atomic E-state index is 14.4. The number of carbonyl (C=O) groups is 1. The SMILES string of the molecule is NC(=O)C(c1ccc(-c2cnco2)c(F)c1)c1cc(F)ccc1Cl. The Hall–Kier alpha value is -2.73. The highest BCUT2D eigenvalue weighted by Crippen LogP contribution is 2.33. The number of primary amides is 1. The first-order valence-corrected chi connectivity index (χ1v) is 7.27. The third kappa shape index (κ3) is 3.00. The van der Waals surface area contributed by atoms with Crippen molar-refractivity contribution in [3.05, 3.63) is 76.8 Å². The molecule has 1 aromatic heterocycles. The summed E-state index contributed by atoms with van der Waals surface area (Å²) < 4.78 is 33.0. The summed E-state index contributed by atoms with van der Waals surface area (Å²) in [6, 6.07) is 7.69. The fourth-order valence-electron chi connectivity index (χ4n) is 2.49. The van der Waals surface area contributed by atoms with Gasteiger partial charge in [-0.3, -0.25) is 4.79 Å².